The van der Waals surface area contributed by atoms with Gasteiger partial charge in [-0.1, -0.05) is 0 Å². The van der Waals surface area contributed by atoms with Gasteiger partial charge in [-0.15, -0.1) is 0 Å². The Morgan fingerprint density at radius 2 is 2.00 bits per heavy atom. The van der Waals surface area contributed by atoms with E-state index in [4.69, 9.17) is 9.47 Å². The molecule has 0 saturated heterocycles. The SMILES string of the molecule is COc1ccc(OC)c(C(C)[N+](=O)[O-])c1. The monoisotopic (exact) mass is 211 g/mol. The maximum absolute atomic E-state index is 10.7. The first kappa shape index (κ1) is 11.3. The van der Waals surface area contributed by atoms with Gasteiger partial charge in [0.2, 0.25) is 6.04 Å². The summed E-state index contributed by atoms with van der Waals surface area (Å²) in [7, 11) is 3.00. The number of nitro groups is 1. The minimum Gasteiger partial charge on any atom is -0.497 e. The van der Waals surface area contributed by atoms with E-state index in [9.17, 15) is 10.1 Å². The normalized spacial score (nSPS) is 11.9. The Balaban J connectivity index is 3.16. The average Bonchev–Trinajstić information content (AvgIpc) is 2.27. The average molecular weight is 211 g/mol. The molecule has 5 nitrogen and oxygen atoms in total. The standard InChI is InChI=1S/C10H13NO4/c1-7(11(12)13)9-6-8(14-2)4-5-10(9)15-3/h4-7H,1-3H3. The molecule has 0 radical (unpaired) electrons. The lowest BCUT2D eigenvalue weighted by Gasteiger charge is -2.11. The largest absolute Gasteiger partial charge is 0.497 e. The minimum absolute atomic E-state index is 0.364. The first-order valence-electron chi connectivity index (χ1n) is 4.45. The molecule has 1 unspecified atom stereocenters. The van der Waals surface area contributed by atoms with Gasteiger partial charge in [0.1, 0.15) is 11.5 Å². The number of methoxy groups -OCH3 is 2. The van der Waals surface area contributed by atoms with Crippen LogP contribution in [-0.4, -0.2) is 19.1 Å². The van der Waals surface area contributed by atoms with Crippen LogP contribution in [0.15, 0.2) is 18.2 Å². The van der Waals surface area contributed by atoms with E-state index in [0.717, 1.165) is 0 Å². The summed E-state index contributed by atoms with van der Waals surface area (Å²) in [6.07, 6.45) is 0. The fraction of sp³-hybridized carbons (Fsp3) is 0.400. The molecule has 0 aromatic heterocycles. The molecule has 0 aliphatic rings. The molecule has 0 bridgehead atoms. The molecule has 0 aliphatic carbocycles. The van der Waals surface area contributed by atoms with E-state index in [1.807, 2.05) is 0 Å². The maximum Gasteiger partial charge on any atom is 0.239 e. The highest BCUT2D eigenvalue weighted by molar-refractivity contribution is 5.41. The molecule has 82 valence electrons. The van der Waals surface area contributed by atoms with Crippen molar-refractivity contribution in [3.8, 4) is 11.5 Å². The van der Waals surface area contributed by atoms with Crippen molar-refractivity contribution in [2.75, 3.05) is 14.2 Å². The van der Waals surface area contributed by atoms with Crippen LogP contribution in [0, 0.1) is 10.1 Å². The molecule has 1 aromatic carbocycles. The van der Waals surface area contributed by atoms with Gasteiger partial charge in [-0.2, -0.15) is 0 Å². The van der Waals surface area contributed by atoms with Gasteiger partial charge in [0.05, 0.1) is 19.8 Å². The highest BCUT2D eigenvalue weighted by atomic mass is 16.6. The number of hydrogen-bond donors (Lipinski definition) is 0. The Kier molecular flexibility index (Phi) is 3.49. The molecular formula is C10H13NO4. The first-order chi connectivity index (χ1) is 7.10. The first-order valence-corrected chi connectivity index (χ1v) is 4.45. The molecule has 0 fully saturated rings. The van der Waals surface area contributed by atoms with Crippen LogP contribution in [0.1, 0.15) is 18.5 Å². The van der Waals surface area contributed by atoms with Crippen LogP contribution in [0.3, 0.4) is 0 Å². The summed E-state index contributed by atoms with van der Waals surface area (Å²) in [6, 6.07) is 4.17. The van der Waals surface area contributed by atoms with Crippen LogP contribution in [0.25, 0.3) is 0 Å². The Labute approximate surface area is 87.8 Å². The van der Waals surface area contributed by atoms with Gasteiger partial charge >= 0.3 is 0 Å². The van der Waals surface area contributed by atoms with Crippen LogP contribution < -0.4 is 9.47 Å². The van der Waals surface area contributed by atoms with Crippen molar-refractivity contribution in [1.82, 2.24) is 0 Å². The fourth-order valence-corrected chi connectivity index (χ4v) is 1.28. The molecule has 15 heavy (non-hydrogen) atoms. The summed E-state index contributed by atoms with van der Waals surface area (Å²) in [5.74, 6) is 1.08. The maximum atomic E-state index is 10.7. The molecule has 0 heterocycles. The Morgan fingerprint density at radius 3 is 2.47 bits per heavy atom. The van der Waals surface area contributed by atoms with E-state index in [1.54, 1.807) is 18.2 Å². The summed E-state index contributed by atoms with van der Waals surface area (Å²) in [5, 5.41) is 10.7. The Morgan fingerprint density at radius 1 is 1.33 bits per heavy atom. The molecular weight excluding hydrogens is 198 g/mol. The van der Waals surface area contributed by atoms with Crippen molar-refractivity contribution in [1.29, 1.82) is 0 Å². The number of ether oxygens (including phenoxy) is 2. The molecule has 0 saturated carbocycles. The van der Waals surface area contributed by atoms with Crippen LogP contribution in [0.5, 0.6) is 11.5 Å². The van der Waals surface area contributed by atoms with Gasteiger partial charge in [-0.25, -0.2) is 0 Å². The zero-order valence-electron chi connectivity index (χ0n) is 8.89. The number of hydrogen-bond acceptors (Lipinski definition) is 4. The lowest BCUT2D eigenvalue weighted by atomic mass is 10.1. The predicted octanol–water partition coefficient (Wildman–Crippen LogP) is 2.04. The Hall–Kier alpha value is -1.78. The summed E-state index contributed by atoms with van der Waals surface area (Å²) in [5.41, 5.74) is 0.516. The van der Waals surface area contributed by atoms with Crippen molar-refractivity contribution in [3.63, 3.8) is 0 Å². The second-order valence-corrected chi connectivity index (χ2v) is 3.07. The van der Waals surface area contributed by atoms with Gasteiger partial charge in [0.15, 0.2) is 0 Å². The van der Waals surface area contributed by atoms with E-state index in [2.05, 4.69) is 0 Å². The van der Waals surface area contributed by atoms with Crippen molar-refractivity contribution < 1.29 is 14.4 Å². The van der Waals surface area contributed by atoms with E-state index in [0.29, 0.717) is 17.1 Å². The van der Waals surface area contributed by atoms with E-state index < -0.39 is 6.04 Å². The molecule has 0 spiro atoms. The number of benzene rings is 1. The molecule has 5 heteroatoms. The summed E-state index contributed by atoms with van der Waals surface area (Å²) >= 11 is 0. The van der Waals surface area contributed by atoms with E-state index >= 15 is 0 Å². The van der Waals surface area contributed by atoms with Gasteiger partial charge < -0.3 is 9.47 Å². The fourth-order valence-electron chi connectivity index (χ4n) is 1.28. The highest BCUT2D eigenvalue weighted by Gasteiger charge is 2.21. The van der Waals surface area contributed by atoms with Crippen molar-refractivity contribution in [2.45, 2.75) is 13.0 Å². The van der Waals surface area contributed by atoms with Crippen molar-refractivity contribution in [2.24, 2.45) is 0 Å². The molecule has 0 N–H and O–H groups in total. The molecule has 1 rings (SSSR count). The predicted molar refractivity (Wildman–Crippen MR) is 55.0 cm³/mol. The van der Waals surface area contributed by atoms with Crippen LogP contribution >= 0.6 is 0 Å². The third-order valence-electron chi connectivity index (χ3n) is 2.20. The van der Waals surface area contributed by atoms with Gasteiger partial charge in [-0.3, -0.25) is 10.1 Å². The zero-order valence-corrected chi connectivity index (χ0v) is 8.89. The van der Waals surface area contributed by atoms with Crippen molar-refractivity contribution in [3.05, 3.63) is 33.9 Å². The second-order valence-electron chi connectivity index (χ2n) is 3.07. The van der Waals surface area contributed by atoms with Gasteiger partial charge in [0, 0.05) is 11.8 Å². The summed E-state index contributed by atoms with van der Waals surface area (Å²) < 4.78 is 10.1. The van der Waals surface area contributed by atoms with Gasteiger partial charge in [0.25, 0.3) is 0 Å². The quantitative estimate of drug-likeness (QED) is 0.564. The summed E-state index contributed by atoms with van der Waals surface area (Å²) in [4.78, 5) is 10.3. The lowest BCUT2D eigenvalue weighted by molar-refractivity contribution is -0.524. The van der Waals surface area contributed by atoms with E-state index in [-0.39, 0.29) is 4.92 Å². The van der Waals surface area contributed by atoms with Crippen molar-refractivity contribution >= 4 is 0 Å². The molecule has 0 amide bonds. The molecule has 1 atom stereocenters. The number of nitrogens with zero attached hydrogens (tertiary/aromatic N) is 1. The van der Waals surface area contributed by atoms with Crippen LogP contribution in [0.2, 0.25) is 0 Å². The lowest BCUT2D eigenvalue weighted by Crippen LogP contribution is -2.07. The summed E-state index contributed by atoms with van der Waals surface area (Å²) in [6.45, 7) is 1.51. The van der Waals surface area contributed by atoms with E-state index in [1.165, 1.54) is 21.1 Å². The van der Waals surface area contributed by atoms with Gasteiger partial charge in [-0.05, 0) is 18.2 Å². The minimum atomic E-state index is -0.810. The van der Waals surface area contributed by atoms with Crippen LogP contribution in [-0.2, 0) is 0 Å². The second kappa shape index (κ2) is 4.63. The number of rotatable bonds is 4. The highest BCUT2D eigenvalue weighted by Crippen LogP contribution is 2.30. The third-order valence-corrected chi connectivity index (χ3v) is 2.20. The van der Waals surface area contributed by atoms with Crippen LogP contribution in [0.4, 0.5) is 0 Å². The topological polar surface area (TPSA) is 61.6 Å². The molecule has 0 aliphatic heterocycles. The zero-order chi connectivity index (χ0) is 11.4. The smallest absolute Gasteiger partial charge is 0.239 e. The molecule has 1 aromatic rings. The Bertz CT molecular complexity index is 364. The third kappa shape index (κ3) is 2.37.